The van der Waals surface area contributed by atoms with E-state index in [2.05, 4.69) is 4.90 Å². The molecule has 1 aliphatic rings. The summed E-state index contributed by atoms with van der Waals surface area (Å²) in [6.07, 6.45) is 0. The van der Waals surface area contributed by atoms with Crippen LogP contribution < -0.4 is 4.74 Å². The molecule has 1 aliphatic heterocycles. The van der Waals surface area contributed by atoms with Crippen LogP contribution in [0.3, 0.4) is 0 Å². The Morgan fingerprint density at radius 1 is 1.25 bits per heavy atom. The molecule has 0 aliphatic carbocycles. The number of carbonyl (C=O) groups is 1. The number of ether oxygens (including phenoxy) is 2. The highest BCUT2D eigenvalue weighted by molar-refractivity contribution is 6.00. The molecule has 0 N–H and O–H groups in total. The molecule has 0 bridgehead atoms. The van der Waals surface area contributed by atoms with Crippen LogP contribution in [0.1, 0.15) is 28.4 Å². The number of Topliss-reactive ketones (excluding diaryl/α,β-unsaturated/α-hetero) is 1. The number of nitrogens with zero attached hydrogens (tertiary/aromatic N) is 1. The standard InChI is InChI=1S/C16H23NO3/c1-4-20-14-9-12(2)16(13(3)10-14)15(18)11-17-5-7-19-8-6-17/h9-10H,4-8,11H2,1-3H3. The molecule has 1 fully saturated rings. The van der Waals surface area contributed by atoms with Crippen LogP contribution >= 0.6 is 0 Å². The van der Waals surface area contributed by atoms with Gasteiger partial charge in [0.2, 0.25) is 0 Å². The number of hydrogen-bond acceptors (Lipinski definition) is 4. The van der Waals surface area contributed by atoms with E-state index in [1.54, 1.807) is 0 Å². The first-order valence-corrected chi connectivity index (χ1v) is 7.19. The quantitative estimate of drug-likeness (QED) is 0.774. The van der Waals surface area contributed by atoms with Crippen LogP contribution in [-0.2, 0) is 4.74 Å². The summed E-state index contributed by atoms with van der Waals surface area (Å²) in [4.78, 5) is 14.7. The SMILES string of the molecule is CCOc1cc(C)c(C(=O)CN2CCOCC2)c(C)c1. The van der Waals surface area contributed by atoms with Crippen LogP contribution in [0.2, 0.25) is 0 Å². The molecule has 0 aromatic heterocycles. The third kappa shape index (κ3) is 3.58. The molecule has 1 saturated heterocycles. The third-order valence-corrected chi connectivity index (χ3v) is 3.57. The van der Waals surface area contributed by atoms with Gasteiger partial charge in [0.05, 0.1) is 26.4 Å². The highest BCUT2D eigenvalue weighted by Gasteiger charge is 2.18. The zero-order valence-electron chi connectivity index (χ0n) is 12.6. The van der Waals surface area contributed by atoms with E-state index in [0.29, 0.717) is 26.4 Å². The van der Waals surface area contributed by atoms with Gasteiger partial charge in [0.1, 0.15) is 5.75 Å². The monoisotopic (exact) mass is 277 g/mol. The van der Waals surface area contributed by atoms with E-state index in [1.807, 2.05) is 32.9 Å². The maximum Gasteiger partial charge on any atom is 0.177 e. The minimum Gasteiger partial charge on any atom is -0.494 e. The van der Waals surface area contributed by atoms with Crippen molar-refractivity contribution in [3.8, 4) is 5.75 Å². The van der Waals surface area contributed by atoms with Crippen molar-refractivity contribution in [2.24, 2.45) is 0 Å². The van der Waals surface area contributed by atoms with Crippen molar-refractivity contribution in [1.29, 1.82) is 0 Å². The van der Waals surface area contributed by atoms with Gasteiger partial charge in [-0.3, -0.25) is 9.69 Å². The molecule has 2 rings (SSSR count). The lowest BCUT2D eigenvalue weighted by Crippen LogP contribution is -2.39. The Kier molecular flexibility index (Phi) is 5.15. The van der Waals surface area contributed by atoms with Crippen LogP contribution in [0.5, 0.6) is 5.75 Å². The molecule has 110 valence electrons. The van der Waals surface area contributed by atoms with Gasteiger partial charge in [0, 0.05) is 18.7 Å². The second kappa shape index (κ2) is 6.86. The first-order valence-electron chi connectivity index (χ1n) is 7.19. The Bertz CT molecular complexity index is 456. The predicted octanol–water partition coefficient (Wildman–Crippen LogP) is 2.22. The molecule has 0 saturated carbocycles. The summed E-state index contributed by atoms with van der Waals surface area (Å²) < 4.78 is 10.8. The van der Waals surface area contributed by atoms with Crippen LogP contribution in [0.15, 0.2) is 12.1 Å². The summed E-state index contributed by atoms with van der Waals surface area (Å²) in [7, 11) is 0. The van der Waals surface area contributed by atoms with Gasteiger partial charge in [-0.05, 0) is 44.0 Å². The van der Waals surface area contributed by atoms with Gasteiger partial charge in [0.25, 0.3) is 0 Å². The second-order valence-electron chi connectivity index (χ2n) is 5.18. The van der Waals surface area contributed by atoms with E-state index < -0.39 is 0 Å². The molecule has 0 unspecified atom stereocenters. The number of aryl methyl sites for hydroxylation is 2. The number of ketones is 1. The minimum atomic E-state index is 0.185. The fraction of sp³-hybridized carbons (Fsp3) is 0.562. The molecule has 20 heavy (non-hydrogen) atoms. The summed E-state index contributed by atoms with van der Waals surface area (Å²) >= 11 is 0. The number of rotatable bonds is 5. The second-order valence-corrected chi connectivity index (χ2v) is 5.18. The Hall–Kier alpha value is -1.39. The lowest BCUT2D eigenvalue weighted by atomic mass is 9.98. The molecule has 1 aromatic rings. The van der Waals surface area contributed by atoms with Crippen molar-refractivity contribution in [3.05, 3.63) is 28.8 Å². The molecular weight excluding hydrogens is 254 g/mol. The van der Waals surface area contributed by atoms with Crippen LogP contribution in [-0.4, -0.2) is 50.1 Å². The molecule has 1 heterocycles. The van der Waals surface area contributed by atoms with E-state index in [0.717, 1.165) is 35.5 Å². The van der Waals surface area contributed by atoms with Crippen LogP contribution in [0.25, 0.3) is 0 Å². The molecule has 1 aromatic carbocycles. The van der Waals surface area contributed by atoms with Gasteiger partial charge in [0.15, 0.2) is 5.78 Å². The molecule has 4 nitrogen and oxygen atoms in total. The summed E-state index contributed by atoms with van der Waals surface area (Å²) in [5.74, 6) is 1.02. The first-order chi connectivity index (χ1) is 9.61. The van der Waals surface area contributed by atoms with E-state index in [4.69, 9.17) is 9.47 Å². The van der Waals surface area contributed by atoms with Crippen molar-refractivity contribution < 1.29 is 14.3 Å². The zero-order chi connectivity index (χ0) is 14.5. The Morgan fingerprint density at radius 2 is 1.85 bits per heavy atom. The topological polar surface area (TPSA) is 38.8 Å². The van der Waals surface area contributed by atoms with Gasteiger partial charge < -0.3 is 9.47 Å². The lowest BCUT2D eigenvalue weighted by Gasteiger charge is -2.26. The molecule has 0 radical (unpaired) electrons. The van der Waals surface area contributed by atoms with E-state index in [-0.39, 0.29) is 5.78 Å². The predicted molar refractivity (Wildman–Crippen MR) is 78.7 cm³/mol. The number of morpholine rings is 1. The molecular formula is C16H23NO3. The minimum absolute atomic E-state index is 0.185. The first kappa shape index (κ1) is 15.0. The summed E-state index contributed by atoms with van der Waals surface area (Å²) in [6, 6.07) is 3.89. The van der Waals surface area contributed by atoms with Gasteiger partial charge in [-0.2, -0.15) is 0 Å². The zero-order valence-corrected chi connectivity index (χ0v) is 12.6. The molecule has 0 spiro atoms. The average Bonchev–Trinajstić information content (AvgIpc) is 2.39. The van der Waals surface area contributed by atoms with Gasteiger partial charge in [-0.25, -0.2) is 0 Å². The van der Waals surface area contributed by atoms with Crippen molar-refractivity contribution in [2.75, 3.05) is 39.5 Å². The highest BCUT2D eigenvalue weighted by atomic mass is 16.5. The largest absolute Gasteiger partial charge is 0.494 e. The molecule has 0 atom stereocenters. The molecule has 4 heteroatoms. The summed E-state index contributed by atoms with van der Waals surface area (Å²) in [5.41, 5.74) is 2.82. The van der Waals surface area contributed by atoms with Crippen LogP contribution in [0.4, 0.5) is 0 Å². The maximum atomic E-state index is 12.5. The summed E-state index contributed by atoms with van der Waals surface area (Å²) in [5, 5.41) is 0. The van der Waals surface area contributed by atoms with E-state index in [9.17, 15) is 4.79 Å². The van der Waals surface area contributed by atoms with E-state index >= 15 is 0 Å². The fourth-order valence-corrected chi connectivity index (χ4v) is 2.66. The Labute approximate surface area is 120 Å². The van der Waals surface area contributed by atoms with Crippen LogP contribution in [0, 0.1) is 13.8 Å². The van der Waals surface area contributed by atoms with Crippen molar-refractivity contribution in [2.45, 2.75) is 20.8 Å². The third-order valence-electron chi connectivity index (χ3n) is 3.57. The highest BCUT2D eigenvalue weighted by Crippen LogP contribution is 2.22. The van der Waals surface area contributed by atoms with Crippen molar-refractivity contribution in [3.63, 3.8) is 0 Å². The Morgan fingerprint density at radius 3 is 2.40 bits per heavy atom. The number of benzene rings is 1. The Balaban J connectivity index is 2.12. The smallest absolute Gasteiger partial charge is 0.177 e. The van der Waals surface area contributed by atoms with Gasteiger partial charge >= 0.3 is 0 Å². The fourth-order valence-electron chi connectivity index (χ4n) is 2.66. The normalized spacial score (nSPS) is 16.1. The number of carbonyl (C=O) groups excluding carboxylic acids is 1. The van der Waals surface area contributed by atoms with Gasteiger partial charge in [-0.15, -0.1) is 0 Å². The maximum absolute atomic E-state index is 12.5. The van der Waals surface area contributed by atoms with Gasteiger partial charge in [-0.1, -0.05) is 0 Å². The van der Waals surface area contributed by atoms with Crippen molar-refractivity contribution in [1.82, 2.24) is 4.90 Å². The lowest BCUT2D eigenvalue weighted by molar-refractivity contribution is 0.0371. The summed E-state index contributed by atoms with van der Waals surface area (Å²) in [6.45, 7) is 10.1. The van der Waals surface area contributed by atoms with Crippen molar-refractivity contribution >= 4 is 5.78 Å². The van der Waals surface area contributed by atoms with E-state index in [1.165, 1.54) is 0 Å². The number of hydrogen-bond donors (Lipinski definition) is 0. The molecule has 0 amide bonds. The average molecular weight is 277 g/mol.